The van der Waals surface area contributed by atoms with Gasteiger partial charge in [0.2, 0.25) is 0 Å². The molecule has 0 aliphatic heterocycles. The molecule has 0 unspecified atom stereocenters. The maximum atomic E-state index is 9.23. The Bertz CT molecular complexity index is 514. The molecule has 0 saturated heterocycles. The zero-order valence-electron chi connectivity index (χ0n) is 8.32. The standard InChI is InChI=1S/C12H9Cl2NO/c13-9-1-2-10(12(14)5-9)11-6-15-4-3-8(11)7-16/h1-6,16H,7H2. The van der Waals surface area contributed by atoms with Crippen LogP contribution < -0.4 is 0 Å². The van der Waals surface area contributed by atoms with Gasteiger partial charge in [0, 0.05) is 33.6 Å². The number of nitrogens with zero attached hydrogens (tertiary/aromatic N) is 1. The number of rotatable bonds is 2. The summed E-state index contributed by atoms with van der Waals surface area (Å²) < 4.78 is 0. The topological polar surface area (TPSA) is 33.1 Å². The van der Waals surface area contributed by atoms with Crippen molar-refractivity contribution in [2.75, 3.05) is 0 Å². The van der Waals surface area contributed by atoms with E-state index in [9.17, 15) is 5.11 Å². The van der Waals surface area contributed by atoms with Crippen molar-refractivity contribution < 1.29 is 5.11 Å². The summed E-state index contributed by atoms with van der Waals surface area (Å²) in [5.41, 5.74) is 2.44. The second-order valence-corrected chi connectivity index (χ2v) is 4.16. The third kappa shape index (κ3) is 2.19. The van der Waals surface area contributed by atoms with E-state index in [4.69, 9.17) is 23.2 Å². The van der Waals surface area contributed by atoms with Gasteiger partial charge in [0.25, 0.3) is 0 Å². The summed E-state index contributed by atoms with van der Waals surface area (Å²) in [4.78, 5) is 4.03. The summed E-state index contributed by atoms with van der Waals surface area (Å²) in [5.74, 6) is 0. The Kier molecular flexibility index (Phi) is 3.44. The van der Waals surface area contributed by atoms with Crippen molar-refractivity contribution in [2.24, 2.45) is 0 Å². The van der Waals surface area contributed by atoms with Gasteiger partial charge in [-0.2, -0.15) is 0 Å². The molecule has 0 atom stereocenters. The first-order chi connectivity index (χ1) is 7.72. The van der Waals surface area contributed by atoms with Gasteiger partial charge in [0.15, 0.2) is 0 Å². The summed E-state index contributed by atoms with van der Waals surface area (Å²) in [5, 5.41) is 10.4. The van der Waals surface area contributed by atoms with Gasteiger partial charge in [-0.15, -0.1) is 0 Å². The molecule has 0 fully saturated rings. The van der Waals surface area contributed by atoms with Crippen LogP contribution in [-0.4, -0.2) is 10.1 Å². The van der Waals surface area contributed by atoms with Crippen LogP contribution in [0.4, 0.5) is 0 Å². The lowest BCUT2D eigenvalue weighted by Gasteiger charge is -2.08. The molecule has 2 rings (SSSR count). The summed E-state index contributed by atoms with van der Waals surface area (Å²) in [7, 11) is 0. The number of benzene rings is 1. The summed E-state index contributed by atoms with van der Waals surface area (Å²) in [6, 6.07) is 7.02. The molecule has 16 heavy (non-hydrogen) atoms. The second kappa shape index (κ2) is 4.83. The molecule has 2 nitrogen and oxygen atoms in total. The van der Waals surface area contributed by atoms with Crippen molar-refractivity contribution in [3.05, 3.63) is 52.3 Å². The Morgan fingerprint density at radius 3 is 2.62 bits per heavy atom. The zero-order chi connectivity index (χ0) is 11.5. The summed E-state index contributed by atoms with van der Waals surface area (Å²) in [6.07, 6.45) is 3.32. The highest BCUT2D eigenvalue weighted by Gasteiger charge is 2.08. The van der Waals surface area contributed by atoms with Crippen LogP contribution in [0.5, 0.6) is 0 Å². The average molecular weight is 254 g/mol. The third-order valence-electron chi connectivity index (χ3n) is 2.30. The van der Waals surface area contributed by atoms with E-state index in [2.05, 4.69) is 4.98 Å². The number of aromatic nitrogens is 1. The van der Waals surface area contributed by atoms with Crippen LogP contribution in [0.2, 0.25) is 10.0 Å². The summed E-state index contributed by atoms with van der Waals surface area (Å²) in [6.45, 7) is -0.0448. The Hall–Kier alpha value is -1.09. The van der Waals surface area contributed by atoms with E-state index in [0.29, 0.717) is 10.0 Å². The number of halogens is 2. The van der Waals surface area contributed by atoms with Crippen molar-refractivity contribution >= 4 is 23.2 Å². The van der Waals surface area contributed by atoms with Crippen LogP contribution in [0.25, 0.3) is 11.1 Å². The van der Waals surface area contributed by atoms with Crippen LogP contribution in [0, 0.1) is 0 Å². The smallest absolute Gasteiger partial charge is 0.0689 e. The molecule has 1 aromatic heterocycles. The van der Waals surface area contributed by atoms with Gasteiger partial charge in [-0.3, -0.25) is 4.98 Å². The number of aliphatic hydroxyl groups is 1. The molecular weight excluding hydrogens is 245 g/mol. The van der Waals surface area contributed by atoms with E-state index >= 15 is 0 Å². The van der Waals surface area contributed by atoms with Crippen LogP contribution in [-0.2, 0) is 6.61 Å². The minimum atomic E-state index is -0.0448. The predicted molar refractivity (Wildman–Crippen MR) is 65.6 cm³/mol. The average Bonchev–Trinajstić information content (AvgIpc) is 2.29. The molecule has 2 aromatic rings. The van der Waals surface area contributed by atoms with E-state index in [1.165, 1.54) is 0 Å². The fourth-order valence-corrected chi connectivity index (χ4v) is 2.02. The highest BCUT2D eigenvalue weighted by molar-refractivity contribution is 6.36. The van der Waals surface area contributed by atoms with E-state index in [1.807, 2.05) is 6.07 Å². The first-order valence-corrected chi connectivity index (χ1v) is 5.47. The van der Waals surface area contributed by atoms with E-state index in [-0.39, 0.29) is 6.61 Å². The lowest BCUT2D eigenvalue weighted by molar-refractivity contribution is 0.282. The van der Waals surface area contributed by atoms with Gasteiger partial charge in [-0.1, -0.05) is 29.3 Å². The molecule has 0 radical (unpaired) electrons. The van der Waals surface area contributed by atoms with Gasteiger partial charge < -0.3 is 5.11 Å². The molecule has 0 amide bonds. The highest BCUT2D eigenvalue weighted by atomic mass is 35.5. The molecule has 4 heteroatoms. The van der Waals surface area contributed by atoms with Crippen LogP contribution in [0.15, 0.2) is 36.7 Å². The molecule has 0 bridgehead atoms. The molecule has 1 heterocycles. The van der Waals surface area contributed by atoms with Crippen LogP contribution >= 0.6 is 23.2 Å². The maximum absolute atomic E-state index is 9.23. The molecule has 0 saturated carbocycles. The number of hydrogen-bond donors (Lipinski definition) is 1. The number of aliphatic hydroxyl groups excluding tert-OH is 1. The van der Waals surface area contributed by atoms with E-state index in [0.717, 1.165) is 16.7 Å². The van der Waals surface area contributed by atoms with Crippen molar-refractivity contribution in [1.29, 1.82) is 0 Å². The lowest BCUT2D eigenvalue weighted by Crippen LogP contribution is -1.91. The minimum Gasteiger partial charge on any atom is -0.392 e. The first-order valence-electron chi connectivity index (χ1n) is 4.71. The molecule has 1 aromatic carbocycles. The Balaban J connectivity index is 2.58. The molecule has 0 aliphatic rings. The molecule has 1 N–H and O–H groups in total. The zero-order valence-corrected chi connectivity index (χ0v) is 9.83. The fraction of sp³-hybridized carbons (Fsp3) is 0.0833. The van der Waals surface area contributed by atoms with Gasteiger partial charge in [0.05, 0.1) is 6.61 Å². The third-order valence-corrected chi connectivity index (χ3v) is 2.85. The van der Waals surface area contributed by atoms with E-state index < -0.39 is 0 Å². The Labute approximate surface area is 103 Å². The van der Waals surface area contributed by atoms with Crippen molar-refractivity contribution in [2.45, 2.75) is 6.61 Å². The maximum Gasteiger partial charge on any atom is 0.0689 e. The summed E-state index contributed by atoms with van der Waals surface area (Å²) >= 11 is 11.9. The fourth-order valence-electron chi connectivity index (χ4n) is 1.51. The van der Waals surface area contributed by atoms with Crippen LogP contribution in [0.1, 0.15) is 5.56 Å². The molecule has 0 aliphatic carbocycles. The molecule has 82 valence electrons. The van der Waals surface area contributed by atoms with Gasteiger partial charge in [-0.25, -0.2) is 0 Å². The quantitative estimate of drug-likeness (QED) is 0.888. The second-order valence-electron chi connectivity index (χ2n) is 3.32. The monoisotopic (exact) mass is 253 g/mol. The van der Waals surface area contributed by atoms with Gasteiger partial charge in [-0.05, 0) is 23.8 Å². The SMILES string of the molecule is OCc1ccncc1-c1ccc(Cl)cc1Cl. The van der Waals surface area contributed by atoms with Crippen molar-refractivity contribution in [1.82, 2.24) is 4.98 Å². The Morgan fingerprint density at radius 2 is 1.94 bits per heavy atom. The predicted octanol–water partition coefficient (Wildman–Crippen LogP) is 3.55. The number of pyridine rings is 1. The normalized spacial score (nSPS) is 10.4. The molecular formula is C12H9Cl2NO. The molecule has 0 spiro atoms. The number of hydrogen-bond acceptors (Lipinski definition) is 2. The largest absolute Gasteiger partial charge is 0.392 e. The van der Waals surface area contributed by atoms with Gasteiger partial charge >= 0.3 is 0 Å². The van der Waals surface area contributed by atoms with Crippen molar-refractivity contribution in [3.63, 3.8) is 0 Å². The van der Waals surface area contributed by atoms with Crippen molar-refractivity contribution in [3.8, 4) is 11.1 Å². The first kappa shape index (κ1) is 11.4. The Morgan fingerprint density at radius 1 is 1.12 bits per heavy atom. The highest BCUT2D eigenvalue weighted by Crippen LogP contribution is 2.31. The van der Waals surface area contributed by atoms with E-state index in [1.54, 1.807) is 30.6 Å². The van der Waals surface area contributed by atoms with Crippen LogP contribution in [0.3, 0.4) is 0 Å². The minimum absolute atomic E-state index is 0.0448. The lowest BCUT2D eigenvalue weighted by atomic mass is 10.0. The van der Waals surface area contributed by atoms with Gasteiger partial charge in [0.1, 0.15) is 0 Å².